The number of hydrogen-bond acceptors (Lipinski definition) is 5. The molecule has 0 N–H and O–H groups in total. The van der Waals surface area contributed by atoms with E-state index in [0.717, 1.165) is 16.5 Å². The van der Waals surface area contributed by atoms with Crippen molar-refractivity contribution < 1.29 is 14.3 Å². The van der Waals surface area contributed by atoms with Gasteiger partial charge < -0.3 is 9.47 Å². The number of benzene rings is 1. The van der Waals surface area contributed by atoms with Gasteiger partial charge in [-0.2, -0.15) is 0 Å². The number of fused-ring (bicyclic) bond motifs is 1. The van der Waals surface area contributed by atoms with Crippen molar-refractivity contribution in [2.24, 2.45) is 0 Å². The van der Waals surface area contributed by atoms with Crippen LogP contribution in [0.15, 0.2) is 48.8 Å². The van der Waals surface area contributed by atoms with Crippen molar-refractivity contribution in [3.63, 3.8) is 0 Å². The van der Waals surface area contributed by atoms with Gasteiger partial charge in [0, 0.05) is 23.3 Å². The number of carbonyl (C=O) groups excluding carboxylic acids is 1. The molecule has 0 aliphatic rings. The highest BCUT2D eigenvalue weighted by Crippen LogP contribution is 2.32. The number of ether oxygens (including phenoxy) is 2. The summed E-state index contributed by atoms with van der Waals surface area (Å²) in [6.07, 6.45) is 3.33. The lowest BCUT2D eigenvalue weighted by atomic mass is 10.0. The molecular weight excluding hydrogens is 280 g/mol. The van der Waals surface area contributed by atoms with Gasteiger partial charge in [0.25, 0.3) is 0 Å². The van der Waals surface area contributed by atoms with Crippen LogP contribution in [0.1, 0.15) is 10.4 Å². The predicted molar refractivity (Wildman–Crippen MR) is 82.9 cm³/mol. The third-order valence-electron chi connectivity index (χ3n) is 3.38. The van der Waals surface area contributed by atoms with Crippen LogP contribution in [-0.2, 0) is 4.74 Å². The first-order valence-corrected chi connectivity index (χ1v) is 6.71. The summed E-state index contributed by atoms with van der Waals surface area (Å²) in [4.78, 5) is 20.8. The highest BCUT2D eigenvalue weighted by Gasteiger charge is 2.19. The molecule has 2 aromatic heterocycles. The number of para-hydroxylation sites is 1. The van der Waals surface area contributed by atoms with Gasteiger partial charge in [-0.1, -0.05) is 12.1 Å². The molecule has 1 aromatic carbocycles. The number of aromatic nitrogens is 2. The number of carbonyl (C=O) groups is 1. The molecule has 3 aromatic rings. The Morgan fingerprint density at radius 3 is 2.73 bits per heavy atom. The monoisotopic (exact) mass is 294 g/mol. The molecule has 0 amide bonds. The maximum Gasteiger partial charge on any atom is 0.340 e. The Kier molecular flexibility index (Phi) is 3.70. The van der Waals surface area contributed by atoms with Crippen molar-refractivity contribution in [3.8, 4) is 17.0 Å². The second kappa shape index (κ2) is 5.81. The lowest BCUT2D eigenvalue weighted by Crippen LogP contribution is -2.06. The van der Waals surface area contributed by atoms with E-state index in [-0.39, 0.29) is 0 Å². The highest BCUT2D eigenvalue weighted by atomic mass is 16.5. The summed E-state index contributed by atoms with van der Waals surface area (Å²) in [7, 11) is 2.93. The Hall–Kier alpha value is -2.95. The Labute approximate surface area is 127 Å². The normalized spacial score (nSPS) is 10.5. The van der Waals surface area contributed by atoms with Crippen LogP contribution in [0, 0.1) is 0 Å². The van der Waals surface area contributed by atoms with Gasteiger partial charge in [-0.15, -0.1) is 0 Å². The van der Waals surface area contributed by atoms with E-state index in [2.05, 4.69) is 9.97 Å². The number of methoxy groups -OCH3 is 2. The van der Waals surface area contributed by atoms with Gasteiger partial charge in [0.05, 0.1) is 31.0 Å². The average Bonchev–Trinajstić information content (AvgIpc) is 2.59. The molecular formula is C17H14N2O3. The van der Waals surface area contributed by atoms with E-state index in [1.54, 1.807) is 31.6 Å². The molecule has 0 fully saturated rings. The Bertz CT molecular complexity index is 846. The largest absolute Gasteiger partial charge is 0.496 e. The summed E-state index contributed by atoms with van der Waals surface area (Å²) in [5.74, 6) is 0.202. The smallest absolute Gasteiger partial charge is 0.340 e. The van der Waals surface area contributed by atoms with Crippen LogP contribution < -0.4 is 4.74 Å². The third kappa shape index (κ3) is 2.37. The molecule has 0 bridgehead atoms. The highest BCUT2D eigenvalue weighted by molar-refractivity contribution is 6.00. The van der Waals surface area contributed by atoms with E-state index in [4.69, 9.17) is 9.47 Å². The van der Waals surface area contributed by atoms with Crippen LogP contribution in [0.2, 0.25) is 0 Å². The number of rotatable bonds is 3. The van der Waals surface area contributed by atoms with Gasteiger partial charge >= 0.3 is 5.97 Å². The predicted octanol–water partition coefficient (Wildman–Crippen LogP) is 3.09. The first-order valence-electron chi connectivity index (χ1n) is 6.71. The number of esters is 1. The summed E-state index contributed by atoms with van der Waals surface area (Å²) in [6.45, 7) is 0. The van der Waals surface area contributed by atoms with Gasteiger partial charge in [0.2, 0.25) is 0 Å². The van der Waals surface area contributed by atoms with E-state index in [1.165, 1.54) is 7.11 Å². The average molecular weight is 294 g/mol. The lowest BCUT2D eigenvalue weighted by Gasteiger charge is -2.12. The number of pyridine rings is 2. The molecule has 3 rings (SSSR count). The summed E-state index contributed by atoms with van der Waals surface area (Å²) in [5, 5.41) is 0.779. The van der Waals surface area contributed by atoms with E-state index >= 15 is 0 Å². The minimum absolute atomic E-state index is 0.382. The molecule has 0 aliphatic carbocycles. The maximum absolute atomic E-state index is 12.1. The van der Waals surface area contributed by atoms with Gasteiger partial charge in [-0.3, -0.25) is 4.98 Å². The van der Waals surface area contributed by atoms with Crippen LogP contribution in [-0.4, -0.2) is 30.2 Å². The fraction of sp³-hybridized carbons (Fsp3) is 0.118. The van der Waals surface area contributed by atoms with Gasteiger partial charge in [0.15, 0.2) is 0 Å². The van der Waals surface area contributed by atoms with E-state index in [0.29, 0.717) is 17.0 Å². The van der Waals surface area contributed by atoms with Crippen molar-refractivity contribution in [1.29, 1.82) is 0 Å². The fourth-order valence-corrected chi connectivity index (χ4v) is 2.33. The molecule has 2 heterocycles. The zero-order valence-corrected chi connectivity index (χ0v) is 12.2. The summed E-state index contributed by atoms with van der Waals surface area (Å²) in [6, 6.07) is 11.0. The van der Waals surface area contributed by atoms with Crippen molar-refractivity contribution in [2.75, 3.05) is 14.2 Å². The van der Waals surface area contributed by atoms with Gasteiger partial charge in [-0.05, 0) is 24.3 Å². The molecule has 0 saturated carbocycles. The molecule has 0 saturated heterocycles. The molecule has 22 heavy (non-hydrogen) atoms. The minimum Gasteiger partial charge on any atom is -0.496 e. The van der Waals surface area contributed by atoms with Crippen LogP contribution in [0.3, 0.4) is 0 Å². The van der Waals surface area contributed by atoms with Crippen molar-refractivity contribution in [2.45, 2.75) is 0 Å². The number of hydrogen-bond donors (Lipinski definition) is 0. The second-order valence-corrected chi connectivity index (χ2v) is 4.64. The topological polar surface area (TPSA) is 61.3 Å². The van der Waals surface area contributed by atoms with Crippen molar-refractivity contribution in [1.82, 2.24) is 9.97 Å². The summed E-state index contributed by atoms with van der Waals surface area (Å²) in [5.41, 5.74) is 2.41. The van der Waals surface area contributed by atoms with Crippen LogP contribution in [0.4, 0.5) is 0 Å². The maximum atomic E-state index is 12.1. The third-order valence-corrected chi connectivity index (χ3v) is 3.38. The van der Waals surface area contributed by atoms with Gasteiger partial charge in [0.1, 0.15) is 5.75 Å². The summed E-state index contributed by atoms with van der Waals surface area (Å²) < 4.78 is 10.3. The van der Waals surface area contributed by atoms with Crippen LogP contribution in [0.25, 0.3) is 22.2 Å². The molecule has 0 atom stereocenters. The molecule has 0 unspecified atom stereocenters. The molecule has 0 spiro atoms. The minimum atomic E-state index is -0.445. The SMILES string of the molecule is COC(=O)c1cc2cnccc2nc1-c1ccccc1OC. The fourth-order valence-electron chi connectivity index (χ4n) is 2.33. The Morgan fingerprint density at radius 2 is 1.95 bits per heavy atom. The molecule has 0 radical (unpaired) electrons. The molecule has 0 aliphatic heterocycles. The molecule has 110 valence electrons. The first-order chi connectivity index (χ1) is 10.7. The Balaban J connectivity index is 2.33. The Morgan fingerprint density at radius 1 is 1.14 bits per heavy atom. The quantitative estimate of drug-likeness (QED) is 0.695. The van der Waals surface area contributed by atoms with Crippen LogP contribution >= 0.6 is 0 Å². The first kappa shape index (κ1) is 14.0. The van der Waals surface area contributed by atoms with Crippen molar-refractivity contribution in [3.05, 3.63) is 54.4 Å². The lowest BCUT2D eigenvalue weighted by molar-refractivity contribution is 0.0601. The summed E-state index contributed by atoms with van der Waals surface area (Å²) >= 11 is 0. The van der Waals surface area contributed by atoms with E-state index in [1.807, 2.05) is 24.3 Å². The standard InChI is InChI=1S/C17H14N2O3/c1-21-15-6-4-3-5-12(15)16-13(17(20)22-2)9-11-10-18-8-7-14(11)19-16/h3-10H,1-2H3. The molecule has 5 heteroatoms. The van der Waals surface area contributed by atoms with E-state index < -0.39 is 5.97 Å². The second-order valence-electron chi connectivity index (χ2n) is 4.64. The zero-order valence-electron chi connectivity index (χ0n) is 12.2. The molecule has 5 nitrogen and oxygen atoms in total. The van der Waals surface area contributed by atoms with Crippen LogP contribution in [0.5, 0.6) is 5.75 Å². The number of nitrogens with zero attached hydrogens (tertiary/aromatic N) is 2. The van der Waals surface area contributed by atoms with Gasteiger partial charge in [-0.25, -0.2) is 9.78 Å². The zero-order chi connectivity index (χ0) is 15.5. The van der Waals surface area contributed by atoms with E-state index in [9.17, 15) is 4.79 Å². The van der Waals surface area contributed by atoms with Crippen molar-refractivity contribution >= 4 is 16.9 Å².